The number of aliphatic hydroxyl groups is 2. The van der Waals surface area contributed by atoms with Crippen molar-refractivity contribution in [3.63, 3.8) is 0 Å². The predicted molar refractivity (Wildman–Crippen MR) is 50.5 cm³/mol. The summed E-state index contributed by atoms with van der Waals surface area (Å²) < 4.78 is 8.14. The van der Waals surface area contributed by atoms with Gasteiger partial charge >= 0.3 is 11.9 Å². The van der Waals surface area contributed by atoms with Gasteiger partial charge in [0.15, 0.2) is 12.2 Å². The summed E-state index contributed by atoms with van der Waals surface area (Å²) in [7, 11) is 2.05. The smallest absolute Gasteiger partial charge is 0.338 e. The lowest BCUT2D eigenvalue weighted by Gasteiger charge is -2.12. The van der Waals surface area contributed by atoms with Gasteiger partial charge in [0.2, 0.25) is 0 Å². The van der Waals surface area contributed by atoms with Crippen LogP contribution in [0.1, 0.15) is 0 Å². The van der Waals surface area contributed by atoms with Crippen LogP contribution in [0.15, 0.2) is 0 Å². The SMILES string of the molecule is COC(=O)[C@H](O)[C@@H](O)C(=O)OC.Cl.Cl. The third-order valence-electron chi connectivity index (χ3n) is 1.18. The highest BCUT2D eigenvalue weighted by atomic mass is 35.5. The van der Waals surface area contributed by atoms with Crippen LogP contribution in [-0.4, -0.2) is 48.6 Å². The minimum atomic E-state index is -1.90. The first-order valence-corrected chi connectivity index (χ1v) is 3.06. The Balaban J connectivity index is -0.000000605. The molecule has 0 aliphatic rings. The standard InChI is InChI=1S/C6H10O6.2ClH/c1-11-5(9)3(7)4(8)6(10)12-2;;/h3-4,7-8H,1-2H3;2*1H/t3-,4-;;/m1../s1. The molecule has 0 aliphatic carbocycles. The zero-order valence-electron chi connectivity index (χ0n) is 7.50. The second-order valence-electron chi connectivity index (χ2n) is 1.94. The molecule has 14 heavy (non-hydrogen) atoms. The van der Waals surface area contributed by atoms with Crippen LogP contribution >= 0.6 is 24.8 Å². The number of hydrogen-bond acceptors (Lipinski definition) is 6. The summed E-state index contributed by atoms with van der Waals surface area (Å²) in [5.41, 5.74) is 0. The van der Waals surface area contributed by atoms with Crippen molar-refractivity contribution < 1.29 is 29.3 Å². The molecule has 0 amide bonds. The van der Waals surface area contributed by atoms with Crippen LogP contribution in [0.4, 0.5) is 0 Å². The molecule has 0 aromatic carbocycles. The van der Waals surface area contributed by atoms with E-state index in [0.29, 0.717) is 0 Å². The van der Waals surface area contributed by atoms with Gasteiger partial charge in [-0.1, -0.05) is 0 Å². The number of carbonyl (C=O) groups excluding carboxylic acids is 2. The molecule has 0 radical (unpaired) electrons. The fourth-order valence-corrected chi connectivity index (χ4v) is 0.499. The average Bonchev–Trinajstić information content (AvgIpc) is 2.12. The maximum Gasteiger partial charge on any atom is 0.338 e. The lowest BCUT2D eigenvalue weighted by atomic mass is 10.2. The van der Waals surface area contributed by atoms with Crippen LogP contribution in [0.2, 0.25) is 0 Å². The number of halogens is 2. The van der Waals surface area contributed by atoms with E-state index in [9.17, 15) is 9.59 Å². The first-order chi connectivity index (χ1) is 5.54. The van der Waals surface area contributed by atoms with Crippen LogP contribution in [-0.2, 0) is 19.1 Å². The lowest BCUT2D eigenvalue weighted by Crippen LogP contribution is -2.40. The summed E-state index contributed by atoms with van der Waals surface area (Å²) in [5, 5.41) is 17.7. The molecule has 0 bridgehead atoms. The fourth-order valence-electron chi connectivity index (χ4n) is 0.499. The fraction of sp³-hybridized carbons (Fsp3) is 0.667. The second-order valence-corrected chi connectivity index (χ2v) is 1.94. The Morgan fingerprint density at radius 2 is 1.14 bits per heavy atom. The molecular formula is C6H12Cl2O6. The molecule has 6 nitrogen and oxygen atoms in total. The van der Waals surface area contributed by atoms with Crippen molar-refractivity contribution in [2.45, 2.75) is 12.2 Å². The molecule has 0 aromatic rings. The van der Waals surface area contributed by atoms with Gasteiger partial charge in [-0.3, -0.25) is 0 Å². The second kappa shape index (κ2) is 9.01. The summed E-state index contributed by atoms with van der Waals surface area (Å²) in [4.78, 5) is 21.1. The molecule has 0 spiro atoms. The van der Waals surface area contributed by atoms with Crippen molar-refractivity contribution in [1.29, 1.82) is 0 Å². The van der Waals surface area contributed by atoms with Crippen LogP contribution < -0.4 is 0 Å². The minimum Gasteiger partial charge on any atom is -0.467 e. The van der Waals surface area contributed by atoms with Crippen LogP contribution in [0, 0.1) is 0 Å². The highest BCUT2D eigenvalue weighted by Crippen LogP contribution is 1.97. The number of ether oxygens (including phenoxy) is 2. The first kappa shape index (κ1) is 19.1. The molecule has 0 aliphatic heterocycles. The Hall–Kier alpha value is -0.560. The topological polar surface area (TPSA) is 93.1 Å². The van der Waals surface area contributed by atoms with Gasteiger partial charge in [-0.15, -0.1) is 24.8 Å². The number of carbonyl (C=O) groups is 2. The maximum absolute atomic E-state index is 10.5. The number of aliphatic hydroxyl groups excluding tert-OH is 2. The molecule has 0 fully saturated rings. The third-order valence-corrected chi connectivity index (χ3v) is 1.18. The number of hydrogen-bond donors (Lipinski definition) is 2. The van der Waals surface area contributed by atoms with Gasteiger partial charge in [0.1, 0.15) is 0 Å². The van der Waals surface area contributed by atoms with Gasteiger partial charge in [-0.05, 0) is 0 Å². The van der Waals surface area contributed by atoms with E-state index in [1.807, 2.05) is 0 Å². The minimum absolute atomic E-state index is 0. The van der Waals surface area contributed by atoms with Gasteiger partial charge in [0.25, 0.3) is 0 Å². The Morgan fingerprint density at radius 1 is 0.929 bits per heavy atom. The molecule has 0 saturated heterocycles. The van der Waals surface area contributed by atoms with E-state index in [1.54, 1.807) is 0 Å². The Morgan fingerprint density at radius 3 is 1.29 bits per heavy atom. The monoisotopic (exact) mass is 250 g/mol. The number of rotatable bonds is 3. The number of methoxy groups -OCH3 is 2. The van der Waals surface area contributed by atoms with Crippen LogP contribution in [0.25, 0.3) is 0 Å². The molecule has 8 heteroatoms. The molecule has 0 heterocycles. The molecule has 0 aromatic heterocycles. The van der Waals surface area contributed by atoms with Crippen LogP contribution in [0.3, 0.4) is 0 Å². The maximum atomic E-state index is 10.5. The van der Waals surface area contributed by atoms with Crippen molar-refractivity contribution in [2.75, 3.05) is 14.2 Å². The van der Waals surface area contributed by atoms with Gasteiger partial charge in [0.05, 0.1) is 14.2 Å². The van der Waals surface area contributed by atoms with E-state index >= 15 is 0 Å². The van der Waals surface area contributed by atoms with E-state index in [4.69, 9.17) is 10.2 Å². The number of esters is 2. The molecule has 0 unspecified atom stereocenters. The third kappa shape index (κ3) is 5.23. The summed E-state index contributed by atoms with van der Waals surface area (Å²) in [6.07, 6.45) is -3.80. The van der Waals surface area contributed by atoms with Crippen molar-refractivity contribution in [2.24, 2.45) is 0 Å². The van der Waals surface area contributed by atoms with Crippen molar-refractivity contribution in [1.82, 2.24) is 0 Å². The predicted octanol–water partition coefficient (Wildman–Crippen LogP) is -1.10. The van der Waals surface area contributed by atoms with E-state index < -0.39 is 24.1 Å². The molecule has 86 valence electrons. The van der Waals surface area contributed by atoms with E-state index in [0.717, 1.165) is 14.2 Å². The van der Waals surface area contributed by atoms with Crippen molar-refractivity contribution in [3.05, 3.63) is 0 Å². The van der Waals surface area contributed by atoms with Crippen molar-refractivity contribution >= 4 is 36.8 Å². The molecule has 0 rings (SSSR count). The van der Waals surface area contributed by atoms with Gasteiger partial charge < -0.3 is 19.7 Å². The van der Waals surface area contributed by atoms with Crippen LogP contribution in [0.5, 0.6) is 0 Å². The lowest BCUT2D eigenvalue weighted by molar-refractivity contribution is -0.169. The quantitative estimate of drug-likeness (QED) is 0.618. The largest absolute Gasteiger partial charge is 0.467 e. The highest BCUT2D eigenvalue weighted by molar-refractivity contribution is 5.86. The zero-order chi connectivity index (χ0) is 9.72. The Bertz CT molecular complexity index is 165. The highest BCUT2D eigenvalue weighted by Gasteiger charge is 2.31. The van der Waals surface area contributed by atoms with Gasteiger partial charge in [-0.25, -0.2) is 9.59 Å². The molecule has 0 saturated carbocycles. The average molecular weight is 251 g/mol. The van der Waals surface area contributed by atoms with E-state index in [-0.39, 0.29) is 24.8 Å². The van der Waals surface area contributed by atoms with E-state index in [1.165, 1.54) is 0 Å². The summed E-state index contributed by atoms with van der Waals surface area (Å²) in [6.45, 7) is 0. The Labute approximate surface area is 93.0 Å². The molecule has 2 N–H and O–H groups in total. The molecule has 2 atom stereocenters. The summed E-state index contributed by atoms with van der Waals surface area (Å²) >= 11 is 0. The molecular weight excluding hydrogens is 239 g/mol. The Kier molecular flexibility index (Phi) is 12.3. The van der Waals surface area contributed by atoms with Crippen molar-refractivity contribution in [3.8, 4) is 0 Å². The van der Waals surface area contributed by atoms with Gasteiger partial charge in [0, 0.05) is 0 Å². The summed E-state index contributed by atoms with van der Waals surface area (Å²) in [5.74, 6) is -2.18. The van der Waals surface area contributed by atoms with E-state index in [2.05, 4.69) is 9.47 Å². The zero-order valence-corrected chi connectivity index (χ0v) is 9.13. The summed E-state index contributed by atoms with van der Waals surface area (Å²) in [6, 6.07) is 0. The van der Waals surface area contributed by atoms with Gasteiger partial charge in [-0.2, -0.15) is 0 Å². The normalized spacial score (nSPS) is 12.6. The first-order valence-electron chi connectivity index (χ1n) is 3.06.